The molecule has 0 spiro atoms. The van der Waals surface area contributed by atoms with Gasteiger partial charge in [0.05, 0.1) is 5.69 Å². The highest BCUT2D eigenvalue weighted by atomic mass is 19.3. The minimum Gasteiger partial charge on any atom is -0.288 e. The number of aryl methyl sites for hydroxylation is 3. The molecule has 0 radical (unpaired) electrons. The predicted octanol–water partition coefficient (Wildman–Crippen LogP) is 7.09. The van der Waals surface area contributed by atoms with Crippen LogP contribution in [0.2, 0.25) is 0 Å². The zero-order valence-electron chi connectivity index (χ0n) is 19.8. The summed E-state index contributed by atoms with van der Waals surface area (Å²) in [5.41, 5.74) is 6.81. The fourth-order valence-corrected chi connectivity index (χ4v) is 4.12. The van der Waals surface area contributed by atoms with Gasteiger partial charge >= 0.3 is 0 Å². The molecule has 1 N–H and O–H groups in total. The average Bonchev–Trinajstić information content (AvgIpc) is 2.69. The van der Waals surface area contributed by atoms with Crippen molar-refractivity contribution in [2.45, 2.75) is 58.8 Å². The largest absolute Gasteiger partial charge is 0.288 e. The molecule has 1 aromatic heterocycles. The molecule has 32 heavy (non-hydrogen) atoms. The Morgan fingerprint density at radius 1 is 1.06 bits per heavy atom. The first kappa shape index (κ1) is 23.6. The lowest BCUT2D eigenvalue weighted by Crippen LogP contribution is -2.16. The lowest BCUT2D eigenvalue weighted by atomic mass is 9.83. The molecule has 0 atom stereocenters. The number of nitrogens with zero attached hydrogens (tertiary/aromatic N) is 1. The van der Waals surface area contributed by atoms with Gasteiger partial charge in [-0.3, -0.25) is 9.78 Å². The van der Waals surface area contributed by atoms with Crippen LogP contribution in [0.3, 0.4) is 0 Å². The van der Waals surface area contributed by atoms with Crippen LogP contribution in [0, 0.1) is 12.3 Å². The summed E-state index contributed by atoms with van der Waals surface area (Å²) in [6.45, 7) is 9.31. The summed E-state index contributed by atoms with van der Waals surface area (Å²) in [6.07, 6.45) is 8.90. The number of halogens is 2. The van der Waals surface area contributed by atoms with Gasteiger partial charge in [0, 0.05) is 19.5 Å². The van der Waals surface area contributed by atoms with Crippen LogP contribution in [0.4, 0.5) is 8.78 Å². The van der Waals surface area contributed by atoms with E-state index in [1.807, 2.05) is 42.9 Å². The number of allylic oxidation sites excluding steroid dienone is 1. The van der Waals surface area contributed by atoms with Gasteiger partial charge in [0.15, 0.2) is 0 Å². The highest BCUT2D eigenvalue weighted by Crippen LogP contribution is 2.34. The fraction of sp³-hybridized carbons (Fsp3) is 0.357. The number of alkyl halides is 2. The Labute approximate surface area is 190 Å². The minimum absolute atomic E-state index is 0.0979. The monoisotopic (exact) mass is 434 g/mol. The first-order valence-electron chi connectivity index (χ1n) is 10.9. The molecular weight excluding hydrogens is 402 g/mol. The number of nitrogens with one attached hydrogen (secondary N) is 1. The molecule has 2 aromatic carbocycles. The van der Waals surface area contributed by atoms with E-state index in [1.165, 1.54) is 0 Å². The molecule has 3 rings (SSSR count). The lowest BCUT2D eigenvalue weighted by Gasteiger charge is -2.23. The van der Waals surface area contributed by atoms with E-state index in [1.54, 1.807) is 6.07 Å². The van der Waals surface area contributed by atoms with E-state index in [-0.39, 0.29) is 11.0 Å². The van der Waals surface area contributed by atoms with Gasteiger partial charge in [-0.15, -0.1) is 6.42 Å². The topological polar surface area (TPSA) is 20.7 Å². The number of benzene rings is 2. The van der Waals surface area contributed by atoms with Gasteiger partial charge in [0.1, 0.15) is 5.69 Å². The standard InChI is InChI=1S/C28H32F2N2/c1-8-25-26(32(7)31-25)19(2)17-21-12-10-9-11-20(21)13-14-22-18-23(27(3,4)5)15-16-24(22)28(6,29)30/h1,9-12,15-18,31H,13-14H2,2-7H3/b19-17+. The SMILES string of the molecule is C#Cc1[nH]n(C)c1/C(C)=C/c1ccccc1CCc1cc(C(C)(C)C)ccc1C(C)(F)F. The van der Waals surface area contributed by atoms with E-state index >= 15 is 0 Å². The highest BCUT2D eigenvalue weighted by Gasteiger charge is 2.28. The van der Waals surface area contributed by atoms with Crippen LogP contribution in [0.5, 0.6) is 0 Å². The van der Waals surface area contributed by atoms with Crippen LogP contribution < -0.4 is 0 Å². The first-order valence-corrected chi connectivity index (χ1v) is 10.9. The molecule has 0 amide bonds. The molecule has 0 aliphatic rings. The quantitative estimate of drug-likeness (QED) is 0.400. The van der Waals surface area contributed by atoms with Crippen LogP contribution in [0.15, 0.2) is 42.5 Å². The van der Waals surface area contributed by atoms with E-state index in [9.17, 15) is 8.78 Å². The smallest absolute Gasteiger partial charge is 0.270 e. The third-order valence-corrected chi connectivity index (χ3v) is 5.90. The Bertz CT molecular complexity index is 1170. The third kappa shape index (κ3) is 5.05. The van der Waals surface area contributed by atoms with Crippen molar-refractivity contribution in [2.24, 2.45) is 7.05 Å². The molecule has 0 saturated carbocycles. The maximum atomic E-state index is 14.3. The molecule has 0 aliphatic heterocycles. The van der Waals surface area contributed by atoms with Crippen LogP contribution in [-0.2, 0) is 31.2 Å². The Balaban J connectivity index is 1.93. The van der Waals surface area contributed by atoms with E-state index in [4.69, 9.17) is 6.42 Å². The zero-order chi connectivity index (χ0) is 23.7. The van der Waals surface area contributed by atoms with E-state index in [2.05, 4.69) is 50.0 Å². The molecular formula is C28H32F2N2. The lowest BCUT2D eigenvalue weighted by molar-refractivity contribution is 0.0165. The van der Waals surface area contributed by atoms with Crippen molar-refractivity contribution in [1.82, 2.24) is 9.78 Å². The number of aromatic nitrogens is 2. The molecule has 4 heteroatoms. The highest BCUT2D eigenvalue weighted by molar-refractivity contribution is 5.82. The van der Waals surface area contributed by atoms with E-state index < -0.39 is 5.92 Å². The van der Waals surface area contributed by atoms with Crippen molar-refractivity contribution in [3.63, 3.8) is 0 Å². The van der Waals surface area contributed by atoms with Crippen LogP contribution in [0.1, 0.15) is 73.8 Å². The number of terminal acetylenes is 1. The van der Waals surface area contributed by atoms with Crippen molar-refractivity contribution in [1.29, 1.82) is 0 Å². The van der Waals surface area contributed by atoms with Gasteiger partial charge in [-0.25, -0.2) is 8.78 Å². The van der Waals surface area contributed by atoms with Gasteiger partial charge in [0.2, 0.25) is 0 Å². The van der Waals surface area contributed by atoms with Gasteiger partial charge in [0.25, 0.3) is 5.92 Å². The summed E-state index contributed by atoms with van der Waals surface area (Å²) in [6, 6.07) is 13.5. The first-order chi connectivity index (χ1) is 14.9. The molecule has 2 nitrogen and oxygen atoms in total. The fourth-order valence-electron chi connectivity index (χ4n) is 4.12. The van der Waals surface area contributed by atoms with Crippen molar-refractivity contribution in [2.75, 3.05) is 0 Å². The molecule has 168 valence electrons. The number of hydrogen-bond donors (Lipinski definition) is 1. The predicted molar refractivity (Wildman–Crippen MR) is 130 cm³/mol. The average molecular weight is 435 g/mol. The molecule has 0 unspecified atom stereocenters. The van der Waals surface area contributed by atoms with Gasteiger partial charge in [-0.1, -0.05) is 63.2 Å². The Kier molecular flexibility index (Phi) is 6.51. The van der Waals surface area contributed by atoms with Gasteiger partial charge in [-0.05, 0) is 65.0 Å². The van der Waals surface area contributed by atoms with Crippen molar-refractivity contribution in [3.05, 3.63) is 81.7 Å². The summed E-state index contributed by atoms with van der Waals surface area (Å²) in [5, 5.41) is 3.07. The summed E-state index contributed by atoms with van der Waals surface area (Å²) >= 11 is 0. The number of rotatable bonds is 6. The molecule has 0 aliphatic carbocycles. The molecule has 3 aromatic rings. The maximum Gasteiger partial charge on any atom is 0.270 e. The molecule has 0 bridgehead atoms. The summed E-state index contributed by atoms with van der Waals surface area (Å²) in [7, 11) is 1.92. The van der Waals surface area contributed by atoms with Gasteiger partial charge in [-0.2, -0.15) is 0 Å². The second kappa shape index (κ2) is 8.82. The zero-order valence-corrected chi connectivity index (χ0v) is 19.8. The number of aromatic amines is 1. The Hall–Kier alpha value is -3.06. The van der Waals surface area contributed by atoms with Crippen molar-refractivity contribution < 1.29 is 8.78 Å². The van der Waals surface area contributed by atoms with Crippen LogP contribution in [0.25, 0.3) is 11.6 Å². The minimum atomic E-state index is -2.87. The second-order valence-electron chi connectivity index (χ2n) is 9.58. The van der Waals surface area contributed by atoms with E-state index in [0.717, 1.165) is 40.6 Å². The second-order valence-corrected chi connectivity index (χ2v) is 9.58. The Morgan fingerprint density at radius 3 is 2.31 bits per heavy atom. The van der Waals surface area contributed by atoms with Crippen molar-refractivity contribution >= 4 is 11.6 Å². The molecule has 0 fully saturated rings. The van der Waals surface area contributed by atoms with Crippen molar-refractivity contribution in [3.8, 4) is 12.3 Å². The van der Waals surface area contributed by atoms with E-state index in [0.29, 0.717) is 18.4 Å². The number of H-pyrrole nitrogens is 1. The Morgan fingerprint density at radius 2 is 1.72 bits per heavy atom. The van der Waals surface area contributed by atoms with Crippen LogP contribution in [-0.4, -0.2) is 9.78 Å². The maximum absolute atomic E-state index is 14.3. The number of hydrogen-bond acceptors (Lipinski definition) is 0. The van der Waals surface area contributed by atoms with Crippen LogP contribution >= 0.6 is 0 Å². The third-order valence-electron chi connectivity index (χ3n) is 5.90. The molecule has 1 heterocycles. The normalized spacial score (nSPS) is 12.8. The molecule has 0 saturated heterocycles. The van der Waals surface area contributed by atoms with Gasteiger partial charge < -0.3 is 0 Å². The summed E-state index contributed by atoms with van der Waals surface area (Å²) in [5.74, 6) is -0.211. The summed E-state index contributed by atoms with van der Waals surface area (Å²) in [4.78, 5) is 0. The summed E-state index contributed by atoms with van der Waals surface area (Å²) < 4.78 is 30.5.